The van der Waals surface area contributed by atoms with Crippen molar-refractivity contribution in [3.05, 3.63) is 0 Å². The van der Waals surface area contributed by atoms with E-state index >= 15 is 0 Å². The maximum atomic E-state index is 12.5. The molecule has 0 aliphatic carbocycles. The molecule has 4 heteroatoms. The molecule has 4 nitrogen and oxygen atoms in total. The molecule has 0 radical (unpaired) electrons. The lowest BCUT2D eigenvalue weighted by molar-refractivity contribution is -0.136. The van der Waals surface area contributed by atoms with Crippen LogP contribution in [-0.2, 0) is 4.79 Å². The van der Waals surface area contributed by atoms with Crippen molar-refractivity contribution in [2.75, 3.05) is 32.7 Å². The van der Waals surface area contributed by atoms with Crippen LogP contribution < -0.4 is 5.32 Å². The number of carbonyl (C=O) groups is 1. The van der Waals surface area contributed by atoms with E-state index in [0.29, 0.717) is 11.8 Å². The van der Waals surface area contributed by atoms with Gasteiger partial charge in [0, 0.05) is 25.2 Å². The van der Waals surface area contributed by atoms with Crippen LogP contribution >= 0.6 is 0 Å². The van der Waals surface area contributed by atoms with Crippen LogP contribution in [-0.4, -0.2) is 60.0 Å². The largest absolute Gasteiger partial charge is 0.341 e. The van der Waals surface area contributed by atoms with Crippen LogP contribution in [0.15, 0.2) is 0 Å². The van der Waals surface area contributed by atoms with Crippen molar-refractivity contribution in [2.24, 2.45) is 5.92 Å². The molecular formula is C17H33N3O. The normalized spacial score (nSPS) is 26.1. The minimum absolute atomic E-state index is 0.0561. The molecule has 0 aromatic heterocycles. The smallest absolute Gasteiger partial charge is 0.239 e. The van der Waals surface area contributed by atoms with Gasteiger partial charge in [0.15, 0.2) is 0 Å². The fraction of sp³-hybridized carbons (Fsp3) is 0.941. The molecule has 2 rings (SSSR count). The van der Waals surface area contributed by atoms with Crippen molar-refractivity contribution in [1.29, 1.82) is 0 Å². The van der Waals surface area contributed by atoms with Gasteiger partial charge in [-0.1, -0.05) is 0 Å². The zero-order valence-electron chi connectivity index (χ0n) is 14.3. The molecule has 2 aliphatic rings. The van der Waals surface area contributed by atoms with Crippen LogP contribution in [0.5, 0.6) is 0 Å². The number of rotatable bonds is 4. The van der Waals surface area contributed by atoms with Gasteiger partial charge >= 0.3 is 0 Å². The summed E-state index contributed by atoms with van der Waals surface area (Å²) in [4.78, 5) is 17.0. The third kappa shape index (κ3) is 4.96. The molecule has 21 heavy (non-hydrogen) atoms. The van der Waals surface area contributed by atoms with Crippen LogP contribution in [0.2, 0.25) is 0 Å². The quantitative estimate of drug-likeness (QED) is 0.863. The van der Waals surface area contributed by atoms with Gasteiger partial charge < -0.3 is 10.2 Å². The second kappa shape index (κ2) is 7.10. The van der Waals surface area contributed by atoms with E-state index in [-0.39, 0.29) is 11.6 Å². The van der Waals surface area contributed by atoms with Gasteiger partial charge in [0.1, 0.15) is 0 Å². The van der Waals surface area contributed by atoms with Crippen LogP contribution in [0.1, 0.15) is 53.4 Å². The molecule has 2 aliphatic heterocycles. The number of carbonyl (C=O) groups excluding carboxylic acids is 1. The second-order valence-electron chi connectivity index (χ2n) is 7.84. The van der Waals surface area contributed by atoms with Crippen LogP contribution in [0.3, 0.4) is 0 Å². The first-order valence-electron chi connectivity index (χ1n) is 8.65. The highest BCUT2D eigenvalue weighted by Crippen LogP contribution is 2.20. The Balaban J connectivity index is 1.83. The summed E-state index contributed by atoms with van der Waals surface area (Å²) in [6.45, 7) is 13.9. The van der Waals surface area contributed by atoms with E-state index in [2.05, 4.69) is 42.8 Å². The van der Waals surface area contributed by atoms with Gasteiger partial charge in [-0.2, -0.15) is 0 Å². The maximum absolute atomic E-state index is 12.5. The van der Waals surface area contributed by atoms with Gasteiger partial charge in [-0.25, -0.2) is 0 Å². The summed E-state index contributed by atoms with van der Waals surface area (Å²) in [5, 5.41) is 3.61. The lowest BCUT2D eigenvalue weighted by Gasteiger charge is -2.38. The van der Waals surface area contributed by atoms with Gasteiger partial charge in [-0.05, 0) is 72.4 Å². The molecule has 0 aromatic rings. The molecule has 2 atom stereocenters. The first kappa shape index (κ1) is 16.8. The Morgan fingerprint density at radius 2 is 1.86 bits per heavy atom. The van der Waals surface area contributed by atoms with Crippen molar-refractivity contribution in [2.45, 2.75) is 65.0 Å². The molecular weight excluding hydrogens is 262 g/mol. The highest BCUT2D eigenvalue weighted by molar-refractivity contribution is 5.81. The summed E-state index contributed by atoms with van der Waals surface area (Å²) < 4.78 is 0. The predicted octanol–water partition coefficient (Wildman–Crippen LogP) is 2.10. The number of likely N-dealkylation sites (tertiary alicyclic amines) is 2. The Hall–Kier alpha value is -0.610. The van der Waals surface area contributed by atoms with E-state index in [9.17, 15) is 4.79 Å². The summed E-state index contributed by atoms with van der Waals surface area (Å²) in [6.07, 6.45) is 4.85. The molecule has 0 spiro atoms. The number of hydrogen-bond donors (Lipinski definition) is 1. The van der Waals surface area contributed by atoms with Crippen molar-refractivity contribution >= 4 is 5.91 Å². The number of amides is 1. The Morgan fingerprint density at radius 3 is 2.48 bits per heavy atom. The highest BCUT2D eigenvalue weighted by atomic mass is 16.2. The van der Waals surface area contributed by atoms with Crippen molar-refractivity contribution in [1.82, 2.24) is 15.1 Å². The van der Waals surface area contributed by atoms with Crippen LogP contribution in [0, 0.1) is 5.92 Å². The van der Waals surface area contributed by atoms with Crippen molar-refractivity contribution in [3.8, 4) is 0 Å². The third-order valence-corrected chi connectivity index (χ3v) is 4.79. The van der Waals surface area contributed by atoms with Gasteiger partial charge in [-0.15, -0.1) is 0 Å². The average molecular weight is 295 g/mol. The summed E-state index contributed by atoms with van der Waals surface area (Å²) in [5.74, 6) is 1.02. The standard InChI is InChI=1S/C17H33N3O/c1-14(16(21)19-9-5-6-10-19)20-11-7-8-15(13-20)12-18-17(2,3)4/h14-15,18H,5-13H2,1-4H3. The topological polar surface area (TPSA) is 35.6 Å². The number of nitrogens with zero attached hydrogens (tertiary/aromatic N) is 2. The summed E-state index contributed by atoms with van der Waals surface area (Å²) in [7, 11) is 0. The molecule has 2 fully saturated rings. The van der Waals surface area contributed by atoms with Gasteiger partial charge in [-0.3, -0.25) is 9.69 Å². The molecule has 1 N–H and O–H groups in total. The lowest BCUT2D eigenvalue weighted by atomic mass is 9.95. The Morgan fingerprint density at radius 1 is 1.19 bits per heavy atom. The Labute approximate surface area is 130 Å². The van der Waals surface area contributed by atoms with E-state index in [4.69, 9.17) is 0 Å². The average Bonchev–Trinajstić information content (AvgIpc) is 2.97. The highest BCUT2D eigenvalue weighted by Gasteiger charge is 2.31. The Bertz CT molecular complexity index is 344. The Kier molecular flexibility index (Phi) is 5.67. The molecule has 0 bridgehead atoms. The summed E-state index contributed by atoms with van der Waals surface area (Å²) in [6, 6.07) is 0.0561. The van der Waals surface area contributed by atoms with E-state index in [1.165, 1.54) is 25.7 Å². The fourth-order valence-corrected chi connectivity index (χ4v) is 3.42. The zero-order valence-corrected chi connectivity index (χ0v) is 14.3. The van der Waals surface area contributed by atoms with Gasteiger partial charge in [0.05, 0.1) is 6.04 Å². The molecule has 1 amide bonds. The number of nitrogens with one attached hydrogen (secondary N) is 1. The molecule has 0 aromatic carbocycles. The van der Waals surface area contributed by atoms with Crippen LogP contribution in [0.25, 0.3) is 0 Å². The van der Waals surface area contributed by atoms with E-state index in [1.54, 1.807) is 0 Å². The summed E-state index contributed by atoms with van der Waals surface area (Å²) >= 11 is 0. The minimum atomic E-state index is 0.0561. The first-order valence-corrected chi connectivity index (χ1v) is 8.65. The number of piperidine rings is 1. The SMILES string of the molecule is CC(C(=O)N1CCCC1)N1CCCC(CNC(C)(C)C)C1. The van der Waals surface area contributed by atoms with Crippen LogP contribution in [0.4, 0.5) is 0 Å². The summed E-state index contributed by atoms with van der Waals surface area (Å²) in [5.41, 5.74) is 0.180. The first-order chi connectivity index (χ1) is 9.87. The monoisotopic (exact) mass is 295 g/mol. The third-order valence-electron chi connectivity index (χ3n) is 4.79. The second-order valence-corrected chi connectivity index (χ2v) is 7.84. The van der Waals surface area contributed by atoms with Gasteiger partial charge in [0.2, 0.25) is 5.91 Å². The molecule has 2 unspecified atom stereocenters. The van der Waals surface area contributed by atoms with Crippen molar-refractivity contribution in [3.63, 3.8) is 0 Å². The van der Waals surface area contributed by atoms with E-state index in [0.717, 1.165) is 32.7 Å². The molecule has 2 saturated heterocycles. The number of hydrogen-bond acceptors (Lipinski definition) is 3. The predicted molar refractivity (Wildman–Crippen MR) is 87.3 cm³/mol. The van der Waals surface area contributed by atoms with E-state index < -0.39 is 0 Å². The maximum Gasteiger partial charge on any atom is 0.239 e. The molecule has 0 saturated carbocycles. The lowest BCUT2D eigenvalue weighted by Crippen LogP contribution is -2.51. The van der Waals surface area contributed by atoms with Gasteiger partial charge in [0.25, 0.3) is 0 Å². The molecule has 2 heterocycles. The minimum Gasteiger partial charge on any atom is -0.341 e. The zero-order chi connectivity index (χ0) is 15.5. The molecule has 122 valence electrons. The van der Waals surface area contributed by atoms with E-state index in [1.807, 2.05) is 0 Å². The fourth-order valence-electron chi connectivity index (χ4n) is 3.42. The van der Waals surface area contributed by atoms with Crippen molar-refractivity contribution < 1.29 is 4.79 Å².